The highest BCUT2D eigenvalue weighted by molar-refractivity contribution is 7.22. The molecule has 114 valence electrons. The van der Waals surface area contributed by atoms with E-state index in [2.05, 4.69) is 34.5 Å². The Balaban J connectivity index is 1.50. The number of rotatable bonds is 3. The minimum absolute atomic E-state index is 0.663. The Kier molecular flexibility index (Phi) is 3.35. The van der Waals surface area contributed by atoms with E-state index in [4.69, 9.17) is 16.6 Å². The quantitative estimate of drug-likeness (QED) is 0.729. The van der Waals surface area contributed by atoms with E-state index in [1.807, 2.05) is 18.3 Å². The average Bonchev–Trinajstić information content (AvgIpc) is 3.05. The van der Waals surface area contributed by atoms with Gasteiger partial charge in [0.1, 0.15) is 5.82 Å². The lowest BCUT2D eigenvalue weighted by Gasteiger charge is -2.39. The summed E-state index contributed by atoms with van der Waals surface area (Å²) in [5.41, 5.74) is 2.23. The first-order valence-corrected chi connectivity index (χ1v) is 8.59. The Morgan fingerprint density at radius 1 is 1.32 bits per heavy atom. The van der Waals surface area contributed by atoms with Crippen LogP contribution in [0.4, 0.5) is 5.13 Å². The van der Waals surface area contributed by atoms with Crippen molar-refractivity contribution in [3.05, 3.63) is 40.9 Å². The fourth-order valence-electron chi connectivity index (χ4n) is 2.94. The van der Waals surface area contributed by atoms with E-state index >= 15 is 0 Å². The van der Waals surface area contributed by atoms with Crippen molar-refractivity contribution < 1.29 is 0 Å². The molecule has 4 rings (SSSR count). The van der Waals surface area contributed by atoms with Gasteiger partial charge in [0.15, 0.2) is 5.13 Å². The molecule has 0 aliphatic carbocycles. The van der Waals surface area contributed by atoms with Gasteiger partial charge < -0.3 is 9.47 Å². The molecule has 1 saturated heterocycles. The summed E-state index contributed by atoms with van der Waals surface area (Å²) in [7, 11) is 0. The van der Waals surface area contributed by atoms with Crippen LogP contribution in [0.3, 0.4) is 0 Å². The standard InChI is InChI=1S/C16H17ClN4S/c1-10-3-4-13(17)15-14(10)19-16(22-15)21-8-12(9-21)7-20-6-5-18-11(20)2/h3-6,12H,7-9H2,1-2H3. The van der Waals surface area contributed by atoms with Crippen LogP contribution in [-0.4, -0.2) is 27.6 Å². The van der Waals surface area contributed by atoms with Crippen molar-refractivity contribution in [2.45, 2.75) is 20.4 Å². The van der Waals surface area contributed by atoms with Crippen LogP contribution in [0.25, 0.3) is 10.2 Å². The van der Waals surface area contributed by atoms with Crippen molar-refractivity contribution in [2.75, 3.05) is 18.0 Å². The minimum atomic E-state index is 0.663. The molecule has 0 saturated carbocycles. The average molecular weight is 333 g/mol. The van der Waals surface area contributed by atoms with E-state index in [1.54, 1.807) is 11.3 Å². The summed E-state index contributed by atoms with van der Waals surface area (Å²) in [6.07, 6.45) is 3.92. The maximum atomic E-state index is 6.29. The summed E-state index contributed by atoms with van der Waals surface area (Å²) in [5, 5.41) is 1.89. The first-order chi connectivity index (χ1) is 10.6. The zero-order chi connectivity index (χ0) is 15.3. The second kappa shape index (κ2) is 5.25. The number of aromatic nitrogens is 3. The van der Waals surface area contributed by atoms with Gasteiger partial charge in [0.25, 0.3) is 0 Å². The SMILES string of the molecule is Cc1ccc(Cl)c2sc(N3CC(Cn4ccnc4C)C3)nc12. The Morgan fingerprint density at radius 2 is 2.14 bits per heavy atom. The molecule has 0 atom stereocenters. The summed E-state index contributed by atoms with van der Waals surface area (Å²) in [6, 6.07) is 4.00. The molecular formula is C16H17ClN4S. The van der Waals surface area contributed by atoms with E-state index < -0.39 is 0 Å². The number of fused-ring (bicyclic) bond motifs is 1. The Labute approximate surface area is 138 Å². The molecule has 3 heterocycles. The number of benzene rings is 1. The fourth-order valence-corrected chi connectivity index (χ4v) is 4.28. The molecule has 4 nitrogen and oxygen atoms in total. The Hall–Kier alpha value is -1.59. The van der Waals surface area contributed by atoms with Crippen LogP contribution in [-0.2, 0) is 6.54 Å². The molecule has 0 unspecified atom stereocenters. The normalized spacial score (nSPS) is 15.5. The van der Waals surface area contributed by atoms with Crippen molar-refractivity contribution in [2.24, 2.45) is 5.92 Å². The van der Waals surface area contributed by atoms with E-state index in [0.717, 1.165) is 45.8 Å². The van der Waals surface area contributed by atoms with Crippen molar-refractivity contribution in [1.82, 2.24) is 14.5 Å². The van der Waals surface area contributed by atoms with Crippen molar-refractivity contribution in [1.29, 1.82) is 0 Å². The number of imidazole rings is 1. The molecule has 1 fully saturated rings. The van der Waals surface area contributed by atoms with Gasteiger partial charge in [-0.05, 0) is 25.5 Å². The van der Waals surface area contributed by atoms with Gasteiger partial charge in [-0.2, -0.15) is 0 Å². The van der Waals surface area contributed by atoms with Gasteiger partial charge in [0, 0.05) is 37.9 Å². The first kappa shape index (κ1) is 14.0. The molecule has 6 heteroatoms. The second-order valence-corrected chi connectivity index (χ2v) is 7.32. The lowest BCUT2D eigenvalue weighted by molar-refractivity contribution is 0.354. The number of hydrogen-bond acceptors (Lipinski definition) is 4. The Bertz CT molecular complexity index is 793. The van der Waals surface area contributed by atoms with E-state index in [1.165, 1.54) is 5.56 Å². The van der Waals surface area contributed by atoms with Gasteiger partial charge in [0.2, 0.25) is 0 Å². The van der Waals surface area contributed by atoms with Crippen LogP contribution in [0.5, 0.6) is 0 Å². The monoisotopic (exact) mass is 332 g/mol. The highest BCUT2D eigenvalue weighted by Crippen LogP contribution is 2.37. The first-order valence-electron chi connectivity index (χ1n) is 7.40. The van der Waals surface area contributed by atoms with Crippen LogP contribution in [0, 0.1) is 19.8 Å². The molecule has 0 bridgehead atoms. The molecule has 1 aliphatic rings. The van der Waals surface area contributed by atoms with Crippen LogP contribution in [0.15, 0.2) is 24.5 Å². The molecule has 0 amide bonds. The van der Waals surface area contributed by atoms with Gasteiger partial charge >= 0.3 is 0 Å². The molecule has 1 aromatic carbocycles. The van der Waals surface area contributed by atoms with Crippen LogP contribution in [0.2, 0.25) is 5.02 Å². The third-order valence-electron chi connectivity index (χ3n) is 4.29. The molecule has 0 spiro atoms. The van der Waals surface area contributed by atoms with E-state index in [9.17, 15) is 0 Å². The van der Waals surface area contributed by atoms with Crippen LogP contribution >= 0.6 is 22.9 Å². The molecule has 1 aliphatic heterocycles. The number of halogens is 1. The summed E-state index contributed by atoms with van der Waals surface area (Å²) in [4.78, 5) is 11.4. The molecule has 0 N–H and O–H groups in total. The minimum Gasteiger partial charge on any atom is -0.347 e. The lowest BCUT2D eigenvalue weighted by atomic mass is 10.0. The maximum Gasteiger partial charge on any atom is 0.186 e. The second-order valence-electron chi connectivity index (χ2n) is 5.94. The number of anilines is 1. The number of nitrogens with zero attached hydrogens (tertiary/aromatic N) is 4. The van der Waals surface area contributed by atoms with Gasteiger partial charge in [-0.1, -0.05) is 29.0 Å². The van der Waals surface area contributed by atoms with Crippen LogP contribution in [0.1, 0.15) is 11.4 Å². The summed E-state index contributed by atoms with van der Waals surface area (Å²) >= 11 is 7.99. The molecule has 0 radical (unpaired) electrons. The van der Waals surface area contributed by atoms with Gasteiger partial charge in [0.05, 0.1) is 15.2 Å². The van der Waals surface area contributed by atoms with Gasteiger partial charge in [-0.25, -0.2) is 9.97 Å². The zero-order valence-electron chi connectivity index (χ0n) is 12.6. The van der Waals surface area contributed by atoms with Crippen molar-refractivity contribution >= 4 is 38.3 Å². The molecular weight excluding hydrogens is 316 g/mol. The van der Waals surface area contributed by atoms with Crippen LogP contribution < -0.4 is 4.90 Å². The highest BCUT2D eigenvalue weighted by Gasteiger charge is 2.29. The third-order valence-corrected chi connectivity index (χ3v) is 5.87. The van der Waals surface area contributed by atoms with E-state index in [0.29, 0.717) is 5.92 Å². The lowest BCUT2D eigenvalue weighted by Crippen LogP contribution is -2.48. The predicted octanol–water partition coefficient (Wildman–Crippen LogP) is 3.90. The fraction of sp³-hybridized carbons (Fsp3) is 0.375. The van der Waals surface area contributed by atoms with Crippen molar-refractivity contribution in [3.63, 3.8) is 0 Å². The number of thiazole rings is 1. The third kappa shape index (κ3) is 2.29. The number of hydrogen-bond donors (Lipinski definition) is 0. The van der Waals surface area contributed by atoms with Gasteiger partial charge in [-0.15, -0.1) is 0 Å². The van der Waals surface area contributed by atoms with Gasteiger partial charge in [-0.3, -0.25) is 0 Å². The molecule has 3 aromatic rings. The molecule has 2 aromatic heterocycles. The largest absolute Gasteiger partial charge is 0.347 e. The summed E-state index contributed by atoms with van der Waals surface area (Å²) < 4.78 is 3.33. The predicted molar refractivity (Wildman–Crippen MR) is 92.0 cm³/mol. The highest BCUT2D eigenvalue weighted by atomic mass is 35.5. The summed E-state index contributed by atoms with van der Waals surface area (Å²) in [5.74, 6) is 1.75. The smallest absolute Gasteiger partial charge is 0.186 e. The number of aryl methyl sites for hydroxylation is 2. The van der Waals surface area contributed by atoms with Crippen molar-refractivity contribution in [3.8, 4) is 0 Å². The summed E-state index contributed by atoms with van der Waals surface area (Å²) in [6.45, 7) is 7.27. The van der Waals surface area contributed by atoms with E-state index in [-0.39, 0.29) is 0 Å². The topological polar surface area (TPSA) is 34.0 Å². The maximum absolute atomic E-state index is 6.29. The Morgan fingerprint density at radius 3 is 2.82 bits per heavy atom. The zero-order valence-corrected chi connectivity index (χ0v) is 14.2. The molecule has 22 heavy (non-hydrogen) atoms.